The molecule has 2 heterocycles. The number of carbonyl (C=O) groups is 2. The van der Waals surface area contributed by atoms with Crippen LogP contribution in [0.15, 0.2) is 77.3 Å². The van der Waals surface area contributed by atoms with Gasteiger partial charge in [-0.05, 0) is 61.5 Å². The molecule has 4 rings (SSSR count). The Bertz CT molecular complexity index is 1270. The van der Waals surface area contributed by atoms with Gasteiger partial charge in [0.1, 0.15) is 5.57 Å². The molecule has 0 atom stereocenters. The Hall–Kier alpha value is -3.69. The molecule has 8 nitrogen and oxygen atoms in total. The number of hydrogen-bond acceptors (Lipinski definition) is 4. The van der Waals surface area contributed by atoms with Gasteiger partial charge in [0.2, 0.25) is 10.0 Å². The topological polar surface area (TPSA) is 114 Å². The van der Waals surface area contributed by atoms with Crippen LogP contribution in [-0.2, 0) is 19.6 Å². The van der Waals surface area contributed by atoms with Crippen molar-refractivity contribution in [1.82, 2.24) is 9.99 Å². The average molecular weight is 422 g/mol. The number of primary sulfonamides is 1. The number of rotatable bonds is 4. The van der Waals surface area contributed by atoms with Gasteiger partial charge >= 0.3 is 0 Å². The highest BCUT2D eigenvalue weighted by molar-refractivity contribution is 7.89. The van der Waals surface area contributed by atoms with Gasteiger partial charge in [-0.2, -0.15) is 0 Å². The van der Waals surface area contributed by atoms with E-state index < -0.39 is 21.8 Å². The Morgan fingerprint density at radius 1 is 0.933 bits per heavy atom. The van der Waals surface area contributed by atoms with Crippen LogP contribution in [0, 0.1) is 6.92 Å². The van der Waals surface area contributed by atoms with Crippen molar-refractivity contribution in [2.24, 2.45) is 5.14 Å². The van der Waals surface area contributed by atoms with Crippen molar-refractivity contribution in [3.63, 3.8) is 0 Å². The lowest BCUT2D eigenvalue weighted by atomic mass is 10.2. The fourth-order valence-corrected chi connectivity index (χ4v) is 3.64. The summed E-state index contributed by atoms with van der Waals surface area (Å²) in [6.07, 6.45) is 3.24. The molecule has 0 saturated carbocycles. The Morgan fingerprint density at radius 2 is 1.57 bits per heavy atom. The molecule has 1 aliphatic heterocycles. The van der Waals surface area contributed by atoms with E-state index in [1.807, 2.05) is 19.1 Å². The maximum atomic E-state index is 12.8. The minimum absolute atomic E-state index is 0.00241. The number of benzene rings is 2. The second kappa shape index (κ2) is 7.29. The van der Waals surface area contributed by atoms with E-state index in [0.29, 0.717) is 17.1 Å². The Kier molecular flexibility index (Phi) is 4.76. The number of amides is 2. The van der Waals surface area contributed by atoms with Crippen LogP contribution in [-0.4, -0.2) is 24.8 Å². The highest BCUT2D eigenvalue weighted by atomic mass is 32.2. The molecule has 0 spiro atoms. The minimum Gasteiger partial charge on any atom is -0.317 e. The van der Waals surface area contributed by atoms with Crippen molar-refractivity contribution in [2.45, 2.75) is 11.8 Å². The van der Waals surface area contributed by atoms with Crippen molar-refractivity contribution < 1.29 is 18.0 Å². The molecule has 0 aliphatic carbocycles. The molecule has 1 aliphatic rings. The third-order valence-corrected chi connectivity index (χ3v) is 5.63. The molecular weight excluding hydrogens is 404 g/mol. The summed E-state index contributed by atoms with van der Waals surface area (Å²) in [6.45, 7) is 1.93. The zero-order chi connectivity index (χ0) is 21.5. The predicted molar refractivity (Wildman–Crippen MR) is 112 cm³/mol. The summed E-state index contributed by atoms with van der Waals surface area (Å²) in [4.78, 5) is 25.2. The van der Waals surface area contributed by atoms with E-state index in [2.05, 4.69) is 5.43 Å². The van der Waals surface area contributed by atoms with Gasteiger partial charge in [-0.25, -0.2) is 18.6 Å². The van der Waals surface area contributed by atoms with Gasteiger partial charge in [-0.1, -0.05) is 17.7 Å². The van der Waals surface area contributed by atoms with Crippen LogP contribution in [0.25, 0.3) is 11.8 Å². The van der Waals surface area contributed by atoms with Crippen LogP contribution in [0.1, 0.15) is 11.3 Å². The van der Waals surface area contributed by atoms with E-state index in [-0.39, 0.29) is 10.5 Å². The summed E-state index contributed by atoms with van der Waals surface area (Å²) in [5, 5.41) is 6.34. The fraction of sp³-hybridized carbons (Fsp3) is 0.0476. The van der Waals surface area contributed by atoms with Crippen LogP contribution in [0.2, 0.25) is 0 Å². The summed E-state index contributed by atoms with van der Waals surface area (Å²) < 4.78 is 24.6. The van der Waals surface area contributed by atoms with Crippen LogP contribution in [0.3, 0.4) is 0 Å². The van der Waals surface area contributed by atoms with Crippen molar-refractivity contribution in [3.05, 3.63) is 83.7 Å². The lowest BCUT2D eigenvalue weighted by molar-refractivity contribution is -0.117. The number of hydrogen-bond donors (Lipinski definition) is 2. The minimum atomic E-state index is -3.79. The van der Waals surface area contributed by atoms with E-state index in [0.717, 1.165) is 5.56 Å². The van der Waals surface area contributed by atoms with Crippen LogP contribution >= 0.6 is 0 Å². The van der Waals surface area contributed by atoms with E-state index in [4.69, 9.17) is 5.14 Å². The van der Waals surface area contributed by atoms with Crippen LogP contribution < -0.4 is 15.6 Å². The number of aryl methyl sites for hydroxylation is 1. The fourth-order valence-electron chi connectivity index (χ4n) is 3.12. The molecule has 0 unspecified atom stereocenters. The second-order valence-corrected chi connectivity index (χ2v) is 8.38. The summed E-state index contributed by atoms with van der Waals surface area (Å²) in [5.74, 6) is -0.959. The number of carbonyl (C=O) groups excluding carboxylic acids is 2. The Labute approximate surface area is 173 Å². The Balaban J connectivity index is 1.66. The zero-order valence-corrected chi connectivity index (χ0v) is 16.8. The standard InChI is InChI=1S/C21H18N4O4S/c1-14-4-6-16(7-5-14)25-21(27)19(20(26)23-25)13-17-3-2-12-24(17)15-8-10-18(11-9-15)30(22,28)29/h2-13H,1H3,(H,23,26)(H2,22,28,29). The van der Waals surface area contributed by atoms with Crippen molar-refractivity contribution >= 4 is 33.6 Å². The largest absolute Gasteiger partial charge is 0.317 e. The van der Waals surface area contributed by atoms with E-state index >= 15 is 0 Å². The highest BCUT2D eigenvalue weighted by Gasteiger charge is 2.34. The Morgan fingerprint density at radius 3 is 2.20 bits per heavy atom. The van der Waals surface area contributed by atoms with E-state index in [1.54, 1.807) is 47.2 Å². The summed E-state index contributed by atoms with van der Waals surface area (Å²) in [5.41, 5.74) is 5.41. The van der Waals surface area contributed by atoms with Gasteiger partial charge in [0, 0.05) is 17.6 Å². The van der Waals surface area contributed by atoms with Crippen molar-refractivity contribution in [3.8, 4) is 5.69 Å². The van der Waals surface area contributed by atoms with Crippen LogP contribution in [0.5, 0.6) is 0 Å². The third kappa shape index (κ3) is 3.63. The maximum Gasteiger partial charge on any atom is 0.282 e. The first-order chi connectivity index (χ1) is 14.2. The molecule has 1 fully saturated rings. The van der Waals surface area contributed by atoms with Gasteiger partial charge < -0.3 is 4.57 Å². The molecular formula is C21H18N4O4S. The van der Waals surface area contributed by atoms with Gasteiger partial charge in [0.15, 0.2) is 0 Å². The number of hydrazine groups is 1. The summed E-state index contributed by atoms with van der Waals surface area (Å²) in [6, 6.07) is 16.7. The second-order valence-electron chi connectivity index (χ2n) is 6.82. The van der Waals surface area contributed by atoms with E-state index in [1.165, 1.54) is 23.2 Å². The van der Waals surface area contributed by atoms with Crippen molar-refractivity contribution in [1.29, 1.82) is 0 Å². The first kappa shape index (κ1) is 19.6. The molecule has 152 valence electrons. The number of anilines is 1. The van der Waals surface area contributed by atoms with Crippen LogP contribution in [0.4, 0.5) is 5.69 Å². The van der Waals surface area contributed by atoms with Gasteiger partial charge in [0.25, 0.3) is 11.8 Å². The molecule has 30 heavy (non-hydrogen) atoms. The SMILES string of the molecule is Cc1ccc(N2NC(=O)C(=Cc3cccn3-c3ccc(S(N)(=O)=O)cc3)C2=O)cc1. The normalized spacial score (nSPS) is 15.7. The highest BCUT2D eigenvalue weighted by Crippen LogP contribution is 2.23. The quantitative estimate of drug-likeness (QED) is 0.494. The number of sulfonamides is 1. The lowest BCUT2D eigenvalue weighted by Crippen LogP contribution is -2.35. The number of aromatic nitrogens is 1. The van der Waals surface area contributed by atoms with Gasteiger partial charge in [-0.15, -0.1) is 0 Å². The molecule has 2 aromatic carbocycles. The summed E-state index contributed by atoms with van der Waals surface area (Å²) >= 11 is 0. The molecule has 0 radical (unpaired) electrons. The number of nitrogens with one attached hydrogen (secondary N) is 1. The maximum absolute atomic E-state index is 12.8. The summed E-state index contributed by atoms with van der Waals surface area (Å²) in [7, 11) is -3.79. The van der Waals surface area contributed by atoms with Gasteiger partial charge in [-0.3, -0.25) is 15.0 Å². The first-order valence-corrected chi connectivity index (χ1v) is 10.5. The lowest BCUT2D eigenvalue weighted by Gasteiger charge is -2.14. The molecule has 9 heteroatoms. The predicted octanol–water partition coefficient (Wildman–Crippen LogP) is 1.89. The zero-order valence-electron chi connectivity index (χ0n) is 15.9. The average Bonchev–Trinajstić information content (AvgIpc) is 3.28. The molecule has 1 saturated heterocycles. The number of nitrogens with zero attached hydrogens (tertiary/aromatic N) is 2. The monoisotopic (exact) mass is 422 g/mol. The molecule has 0 bridgehead atoms. The van der Waals surface area contributed by atoms with Crippen molar-refractivity contribution in [2.75, 3.05) is 5.01 Å². The molecule has 2 amide bonds. The van der Waals surface area contributed by atoms with E-state index in [9.17, 15) is 18.0 Å². The smallest absolute Gasteiger partial charge is 0.282 e. The van der Waals surface area contributed by atoms with Gasteiger partial charge in [0.05, 0.1) is 10.6 Å². The molecule has 3 aromatic rings. The third-order valence-electron chi connectivity index (χ3n) is 4.70. The first-order valence-electron chi connectivity index (χ1n) is 8.98. The molecule has 1 aromatic heterocycles. The molecule has 3 N–H and O–H groups in total. The number of nitrogens with two attached hydrogens (primary N) is 1.